The van der Waals surface area contributed by atoms with Crippen molar-refractivity contribution < 1.29 is 9.59 Å². The molecule has 3 saturated heterocycles. The lowest BCUT2D eigenvalue weighted by atomic mass is 9.85. The first kappa shape index (κ1) is 20.1. The zero-order valence-corrected chi connectivity index (χ0v) is 17.6. The van der Waals surface area contributed by atoms with Crippen molar-refractivity contribution in [2.45, 2.75) is 70.4 Å². The van der Waals surface area contributed by atoms with E-state index in [1.807, 2.05) is 4.90 Å². The molecule has 4 rings (SSSR count). The SMILES string of the molecule is CCN1CCN(C(=O)CC2CCN(C(=O)C3CC4CCCCC4N3)CC2)CC1. The summed E-state index contributed by atoms with van der Waals surface area (Å²) in [5, 5.41) is 3.63. The minimum Gasteiger partial charge on any atom is -0.341 e. The summed E-state index contributed by atoms with van der Waals surface area (Å²) < 4.78 is 0. The van der Waals surface area contributed by atoms with Crippen LogP contribution in [0.2, 0.25) is 0 Å². The molecule has 1 N–H and O–H groups in total. The van der Waals surface area contributed by atoms with Gasteiger partial charge in [0.05, 0.1) is 6.04 Å². The Morgan fingerprint density at radius 2 is 1.61 bits per heavy atom. The Morgan fingerprint density at radius 3 is 2.29 bits per heavy atom. The lowest BCUT2D eigenvalue weighted by Crippen LogP contribution is -2.50. The number of likely N-dealkylation sites (N-methyl/N-ethyl adjacent to an activating group) is 1. The predicted octanol–water partition coefficient (Wildman–Crippen LogP) is 1.70. The summed E-state index contributed by atoms with van der Waals surface area (Å²) >= 11 is 0. The van der Waals surface area contributed by atoms with Gasteiger partial charge in [-0.3, -0.25) is 9.59 Å². The van der Waals surface area contributed by atoms with Gasteiger partial charge in [0.1, 0.15) is 0 Å². The first-order valence-corrected chi connectivity index (χ1v) is 11.7. The largest absolute Gasteiger partial charge is 0.341 e. The Bertz CT molecular complexity index is 539. The van der Waals surface area contributed by atoms with Gasteiger partial charge in [-0.15, -0.1) is 0 Å². The van der Waals surface area contributed by atoms with Gasteiger partial charge in [-0.25, -0.2) is 0 Å². The number of hydrogen-bond acceptors (Lipinski definition) is 4. The third-order valence-electron chi connectivity index (χ3n) is 7.72. The van der Waals surface area contributed by atoms with Gasteiger partial charge in [0, 0.05) is 51.7 Å². The highest BCUT2D eigenvalue weighted by Crippen LogP contribution is 2.34. The van der Waals surface area contributed by atoms with Gasteiger partial charge in [0.25, 0.3) is 0 Å². The molecule has 6 heteroatoms. The van der Waals surface area contributed by atoms with Crippen LogP contribution in [-0.2, 0) is 9.59 Å². The van der Waals surface area contributed by atoms with Gasteiger partial charge in [-0.2, -0.15) is 0 Å². The van der Waals surface area contributed by atoms with Crippen LogP contribution in [0.4, 0.5) is 0 Å². The molecule has 158 valence electrons. The predicted molar refractivity (Wildman–Crippen MR) is 110 cm³/mol. The summed E-state index contributed by atoms with van der Waals surface area (Å²) in [6.07, 6.45) is 8.82. The van der Waals surface area contributed by atoms with E-state index in [4.69, 9.17) is 0 Å². The average molecular weight is 391 g/mol. The number of nitrogens with zero attached hydrogens (tertiary/aromatic N) is 3. The first-order chi connectivity index (χ1) is 13.6. The van der Waals surface area contributed by atoms with Crippen molar-refractivity contribution in [2.24, 2.45) is 11.8 Å². The summed E-state index contributed by atoms with van der Waals surface area (Å²) in [4.78, 5) is 32.1. The lowest BCUT2D eigenvalue weighted by molar-refractivity contribution is -0.136. The topological polar surface area (TPSA) is 55.9 Å². The molecule has 4 aliphatic rings. The second-order valence-corrected chi connectivity index (χ2v) is 9.39. The summed E-state index contributed by atoms with van der Waals surface area (Å²) in [6, 6.07) is 0.618. The van der Waals surface area contributed by atoms with Crippen LogP contribution < -0.4 is 5.32 Å². The Morgan fingerprint density at radius 1 is 0.893 bits per heavy atom. The fraction of sp³-hybridized carbons (Fsp3) is 0.909. The van der Waals surface area contributed by atoms with Crippen molar-refractivity contribution in [1.82, 2.24) is 20.0 Å². The van der Waals surface area contributed by atoms with Gasteiger partial charge in [-0.1, -0.05) is 19.8 Å². The van der Waals surface area contributed by atoms with Gasteiger partial charge in [-0.05, 0) is 50.5 Å². The van der Waals surface area contributed by atoms with Crippen molar-refractivity contribution in [3.8, 4) is 0 Å². The number of rotatable bonds is 4. The molecule has 0 aromatic carbocycles. The number of nitrogens with one attached hydrogen (secondary N) is 1. The fourth-order valence-electron chi connectivity index (χ4n) is 5.78. The number of piperazine rings is 1. The Balaban J connectivity index is 1.19. The van der Waals surface area contributed by atoms with E-state index in [0.29, 0.717) is 36.1 Å². The monoisotopic (exact) mass is 390 g/mol. The number of hydrogen-bond donors (Lipinski definition) is 1. The zero-order valence-electron chi connectivity index (χ0n) is 17.6. The minimum absolute atomic E-state index is 0.0427. The number of fused-ring (bicyclic) bond motifs is 1. The molecular weight excluding hydrogens is 352 g/mol. The van der Waals surface area contributed by atoms with E-state index in [2.05, 4.69) is 22.0 Å². The number of piperidine rings is 1. The van der Waals surface area contributed by atoms with Crippen molar-refractivity contribution in [2.75, 3.05) is 45.8 Å². The molecule has 3 unspecified atom stereocenters. The summed E-state index contributed by atoms with van der Waals surface area (Å²) in [7, 11) is 0. The molecule has 0 aromatic heterocycles. The smallest absolute Gasteiger partial charge is 0.239 e. The highest BCUT2D eigenvalue weighted by Gasteiger charge is 2.40. The second kappa shape index (κ2) is 9.12. The molecule has 28 heavy (non-hydrogen) atoms. The fourth-order valence-corrected chi connectivity index (χ4v) is 5.78. The standard InChI is InChI=1S/C22H38N4O2/c1-2-24-11-13-25(14-12-24)21(27)15-17-7-9-26(10-8-17)22(28)20-16-18-5-3-4-6-19(18)23-20/h17-20,23H,2-16H2,1H3. The maximum absolute atomic E-state index is 13.0. The molecule has 0 aromatic rings. The molecule has 3 atom stereocenters. The van der Waals surface area contributed by atoms with Gasteiger partial charge < -0.3 is 20.0 Å². The average Bonchev–Trinajstić information content (AvgIpc) is 3.18. The van der Waals surface area contributed by atoms with E-state index in [1.165, 1.54) is 25.7 Å². The maximum atomic E-state index is 13.0. The van der Waals surface area contributed by atoms with Crippen LogP contribution in [0.25, 0.3) is 0 Å². The number of likely N-dealkylation sites (tertiary alicyclic amines) is 1. The third kappa shape index (κ3) is 4.54. The van der Waals surface area contributed by atoms with Gasteiger partial charge >= 0.3 is 0 Å². The summed E-state index contributed by atoms with van der Waals surface area (Å²) in [6.45, 7) is 8.67. The van der Waals surface area contributed by atoms with Crippen LogP contribution in [0.5, 0.6) is 0 Å². The van der Waals surface area contributed by atoms with Crippen LogP contribution >= 0.6 is 0 Å². The van der Waals surface area contributed by atoms with E-state index in [0.717, 1.165) is 65.1 Å². The number of amides is 2. The van der Waals surface area contributed by atoms with E-state index in [-0.39, 0.29) is 6.04 Å². The van der Waals surface area contributed by atoms with E-state index in [9.17, 15) is 9.59 Å². The van der Waals surface area contributed by atoms with Crippen LogP contribution in [0.1, 0.15) is 58.3 Å². The number of carbonyl (C=O) groups is 2. The highest BCUT2D eigenvalue weighted by atomic mass is 16.2. The number of carbonyl (C=O) groups excluding carboxylic acids is 2. The quantitative estimate of drug-likeness (QED) is 0.794. The van der Waals surface area contributed by atoms with E-state index in [1.54, 1.807) is 0 Å². The molecule has 0 radical (unpaired) electrons. The molecule has 3 aliphatic heterocycles. The van der Waals surface area contributed by atoms with Crippen molar-refractivity contribution in [3.63, 3.8) is 0 Å². The highest BCUT2D eigenvalue weighted by molar-refractivity contribution is 5.82. The van der Waals surface area contributed by atoms with E-state index >= 15 is 0 Å². The van der Waals surface area contributed by atoms with Crippen molar-refractivity contribution in [1.29, 1.82) is 0 Å². The minimum atomic E-state index is 0.0427. The van der Waals surface area contributed by atoms with Crippen molar-refractivity contribution >= 4 is 11.8 Å². The zero-order chi connectivity index (χ0) is 19.5. The van der Waals surface area contributed by atoms with Crippen LogP contribution in [0.15, 0.2) is 0 Å². The molecule has 6 nitrogen and oxygen atoms in total. The van der Waals surface area contributed by atoms with E-state index < -0.39 is 0 Å². The maximum Gasteiger partial charge on any atom is 0.239 e. The third-order valence-corrected chi connectivity index (χ3v) is 7.72. The van der Waals surface area contributed by atoms with Gasteiger partial charge in [0.15, 0.2) is 0 Å². The summed E-state index contributed by atoms with van der Waals surface area (Å²) in [5.74, 6) is 1.79. The van der Waals surface area contributed by atoms with Gasteiger partial charge in [0.2, 0.25) is 11.8 Å². The second-order valence-electron chi connectivity index (χ2n) is 9.39. The Kier molecular flexibility index (Phi) is 6.56. The molecule has 1 aliphatic carbocycles. The van der Waals surface area contributed by atoms with Crippen LogP contribution in [0, 0.1) is 11.8 Å². The molecule has 0 bridgehead atoms. The molecular formula is C22H38N4O2. The Labute approximate surface area is 170 Å². The molecule has 1 saturated carbocycles. The lowest BCUT2D eigenvalue weighted by Gasteiger charge is -2.36. The molecule has 4 fully saturated rings. The summed E-state index contributed by atoms with van der Waals surface area (Å²) in [5.41, 5.74) is 0. The first-order valence-electron chi connectivity index (χ1n) is 11.7. The normalized spacial score (nSPS) is 32.4. The molecule has 3 heterocycles. The van der Waals surface area contributed by atoms with Crippen molar-refractivity contribution in [3.05, 3.63) is 0 Å². The molecule has 2 amide bonds. The van der Waals surface area contributed by atoms with Crippen LogP contribution in [0.3, 0.4) is 0 Å². The molecule has 0 spiro atoms. The Hall–Kier alpha value is -1.14. The van der Waals surface area contributed by atoms with Crippen LogP contribution in [-0.4, -0.2) is 84.4 Å².